The average molecular weight is 557 g/mol. The second-order valence-electron chi connectivity index (χ2n) is 8.15. The van der Waals surface area contributed by atoms with E-state index in [1.807, 2.05) is 30.3 Å². The molecule has 0 heterocycles. The number of amides is 3. The Bertz CT molecular complexity index is 1300. The van der Waals surface area contributed by atoms with Crippen LogP contribution in [0.3, 0.4) is 0 Å². The molecule has 3 aromatic carbocycles. The molecule has 3 aromatic rings. The van der Waals surface area contributed by atoms with Gasteiger partial charge in [-0.3, -0.25) is 14.4 Å². The Balaban J connectivity index is 1.67. The molecule has 0 radical (unpaired) electrons. The Morgan fingerprint density at radius 1 is 1.00 bits per heavy atom. The molecule has 4 N–H and O–H groups in total. The summed E-state index contributed by atoms with van der Waals surface area (Å²) in [7, 11) is 0. The monoisotopic (exact) mass is 556 g/mol. The number of nitrogens with one attached hydrogen (secondary N) is 2. The van der Waals surface area contributed by atoms with Crippen molar-refractivity contribution in [2.24, 2.45) is 10.8 Å². The van der Waals surface area contributed by atoms with E-state index in [2.05, 4.69) is 15.8 Å². The summed E-state index contributed by atoms with van der Waals surface area (Å²) >= 11 is 12.1. The first-order chi connectivity index (χ1) is 18.2. The number of benzene rings is 3. The Morgan fingerprint density at radius 2 is 1.76 bits per heavy atom. The zero-order valence-electron chi connectivity index (χ0n) is 20.4. The van der Waals surface area contributed by atoms with Crippen LogP contribution in [-0.2, 0) is 20.8 Å². The van der Waals surface area contributed by atoms with Crippen LogP contribution in [0.25, 0.3) is 0 Å². The van der Waals surface area contributed by atoms with Gasteiger partial charge in [-0.05, 0) is 48.4 Å². The van der Waals surface area contributed by atoms with E-state index in [0.717, 1.165) is 5.56 Å². The molecular weight excluding hydrogens is 531 g/mol. The van der Waals surface area contributed by atoms with Gasteiger partial charge in [0.05, 0.1) is 11.2 Å². The highest BCUT2D eigenvalue weighted by Crippen LogP contribution is 2.28. The van der Waals surface area contributed by atoms with Crippen LogP contribution in [0.5, 0.6) is 11.5 Å². The summed E-state index contributed by atoms with van der Waals surface area (Å²) in [6.07, 6.45) is 0.676. The van der Waals surface area contributed by atoms with Crippen LogP contribution in [0.4, 0.5) is 0 Å². The number of rotatable bonds is 12. The lowest BCUT2D eigenvalue weighted by Crippen LogP contribution is -2.50. The van der Waals surface area contributed by atoms with Crippen LogP contribution in [0.1, 0.15) is 18.1 Å². The van der Waals surface area contributed by atoms with Crippen molar-refractivity contribution in [2.45, 2.75) is 25.5 Å². The van der Waals surface area contributed by atoms with Crippen LogP contribution in [-0.4, -0.2) is 42.7 Å². The maximum atomic E-state index is 13.0. The molecule has 198 valence electrons. The van der Waals surface area contributed by atoms with Crippen LogP contribution < -0.4 is 25.9 Å². The van der Waals surface area contributed by atoms with E-state index in [1.165, 1.54) is 12.3 Å². The molecule has 0 aliphatic carbocycles. The molecule has 38 heavy (non-hydrogen) atoms. The van der Waals surface area contributed by atoms with Crippen LogP contribution >= 0.6 is 23.2 Å². The van der Waals surface area contributed by atoms with Crippen molar-refractivity contribution < 1.29 is 23.9 Å². The van der Waals surface area contributed by atoms with Gasteiger partial charge in [0.15, 0.2) is 12.7 Å². The van der Waals surface area contributed by atoms with Crippen LogP contribution in [0.2, 0.25) is 10.0 Å². The van der Waals surface area contributed by atoms with Gasteiger partial charge in [-0.15, -0.1) is 0 Å². The molecule has 0 saturated heterocycles. The van der Waals surface area contributed by atoms with E-state index < -0.39 is 29.9 Å². The number of hydrogen-bond donors (Lipinski definition) is 3. The Labute approximate surface area is 229 Å². The first-order valence-electron chi connectivity index (χ1n) is 11.5. The lowest BCUT2D eigenvalue weighted by molar-refractivity contribution is -0.132. The normalized spacial score (nSPS) is 12.4. The van der Waals surface area contributed by atoms with Crippen molar-refractivity contribution in [2.75, 3.05) is 6.61 Å². The Morgan fingerprint density at radius 3 is 2.47 bits per heavy atom. The van der Waals surface area contributed by atoms with Crippen molar-refractivity contribution in [3.8, 4) is 11.5 Å². The maximum Gasteiger partial charge on any atom is 0.262 e. The molecule has 3 amide bonds. The minimum atomic E-state index is -0.952. The van der Waals surface area contributed by atoms with E-state index in [4.69, 9.17) is 38.4 Å². The molecule has 0 fully saturated rings. The van der Waals surface area contributed by atoms with Gasteiger partial charge in [-0.1, -0.05) is 65.7 Å². The summed E-state index contributed by atoms with van der Waals surface area (Å²) in [6, 6.07) is 19.7. The lowest BCUT2D eigenvalue weighted by atomic mass is 10.1. The topological polar surface area (TPSA) is 132 Å². The van der Waals surface area contributed by atoms with Gasteiger partial charge in [0, 0.05) is 11.4 Å². The van der Waals surface area contributed by atoms with Gasteiger partial charge < -0.3 is 20.5 Å². The van der Waals surface area contributed by atoms with Gasteiger partial charge in [-0.25, -0.2) is 5.43 Å². The number of nitrogens with zero attached hydrogens (tertiary/aromatic N) is 1. The fraction of sp³-hybridized carbons (Fsp3) is 0.185. The highest BCUT2D eigenvalue weighted by Gasteiger charge is 2.25. The van der Waals surface area contributed by atoms with Gasteiger partial charge >= 0.3 is 0 Å². The smallest absolute Gasteiger partial charge is 0.262 e. The predicted molar refractivity (Wildman–Crippen MR) is 145 cm³/mol. The van der Waals surface area contributed by atoms with Crippen molar-refractivity contribution in [1.29, 1.82) is 0 Å². The molecule has 0 unspecified atom stereocenters. The van der Waals surface area contributed by atoms with Gasteiger partial charge in [0.25, 0.3) is 17.7 Å². The molecular formula is C27H26Cl2N4O5. The zero-order chi connectivity index (χ0) is 27.5. The minimum absolute atomic E-state index is 0.221. The number of nitrogens with two attached hydrogens (primary N) is 1. The van der Waals surface area contributed by atoms with E-state index in [0.29, 0.717) is 16.3 Å². The summed E-state index contributed by atoms with van der Waals surface area (Å²) < 4.78 is 10.9. The second-order valence-corrected chi connectivity index (χ2v) is 8.99. The molecule has 0 aromatic heterocycles. The first kappa shape index (κ1) is 28.5. The third kappa shape index (κ3) is 9.10. The molecule has 0 aliphatic rings. The molecule has 9 nitrogen and oxygen atoms in total. The molecule has 0 aliphatic heterocycles. The summed E-state index contributed by atoms with van der Waals surface area (Å²) in [5, 5.41) is 7.41. The highest BCUT2D eigenvalue weighted by molar-refractivity contribution is 6.35. The lowest BCUT2D eigenvalue weighted by Gasteiger charge is -2.21. The number of carbonyl (C=O) groups excluding carboxylic acids is 3. The highest BCUT2D eigenvalue weighted by atomic mass is 35.5. The van der Waals surface area contributed by atoms with Crippen LogP contribution in [0.15, 0.2) is 77.9 Å². The molecule has 0 spiro atoms. The number of halogens is 2. The van der Waals surface area contributed by atoms with Crippen molar-refractivity contribution in [1.82, 2.24) is 10.7 Å². The Hall–Kier alpha value is -4.08. The van der Waals surface area contributed by atoms with Gasteiger partial charge in [0.1, 0.15) is 17.5 Å². The average Bonchev–Trinajstić information content (AvgIpc) is 2.89. The van der Waals surface area contributed by atoms with E-state index >= 15 is 0 Å². The Kier molecular flexibility index (Phi) is 10.5. The number of carbonyl (C=O) groups is 3. The number of ether oxygens (including phenoxy) is 2. The maximum absolute atomic E-state index is 13.0. The number of primary amides is 1. The molecule has 2 atom stereocenters. The van der Waals surface area contributed by atoms with Crippen LogP contribution in [0, 0.1) is 0 Å². The fourth-order valence-electron chi connectivity index (χ4n) is 3.25. The number of hydrogen-bond acceptors (Lipinski definition) is 6. The fourth-order valence-corrected chi connectivity index (χ4v) is 3.70. The third-order valence-corrected chi connectivity index (χ3v) is 5.64. The van der Waals surface area contributed by atoms with E-state index in [9.17, 15) is 14.4 Å². The summed E-state index contributed by atoms with van der Waals surface area (Å²) in [6.45, 7) is 1.29. The van der Waals surface area contributed by atoms with Crippen molar-refractivity contribution >= 4 is 47.1 Å². The molecule has 11 heteroatoms. The quantitative estimate of drug-likeness (QED) is 0.232. The van der Waals surface area contributed by atoms with E-state index in [1.54, 1.807) is 43.3 Å². The largest absolute Gasteiger partial charge is 0.484 e. The zero-order valence-corrected chi connectivity index (χ0v) is 21.9. The summed E-state index contributed by atoms with van der Waals surface area (Å²) in [5.74, 6) is -0.942. The SMILES string of the molecule is C[C@H](Oc1ccc(Cl)cc1Cl)C(=O)N[C@H](Cc1ccccc1)C(=O)N/N=C\c1cccc(OCC(N)=O)c1. The molecule has 0 saturated carbocycles. The van der Waals surface area contributed by atoms with Gasteiger partial charge in [-0.2, -0.15) is 5.10 Å². The molecule has 3 rings (SSSR count). The van der Waals surface area contributed by atoms with Crippen molar-refractivity contribution in [3.05, 3.63) is 94.0 Å². The second kappa shape index (κ2) is 14.0. The van der Waals surface area contributed by atoms with E-state index in [-0.39, 0.29) is 23.8 Å². The standard InChI is InChI=1S/C27H26Cl2N4O5/c1-17(38-24-11-10-20(28)14-22(24)29)26(35)32-23(13-18-6-3-2-4-7-18)27(36)33-31-15-19-8-5-9-21(12-19)37-16-25(30)34/h2-12,14-15,17,23H,13,16H2,1H3,(H2,30,34)(H,32,35)(H,33,36)/b31-15-/t17-,23+/m0/s1. The summed E-state index contributed by atoms with van der Waals surface area (Å²) in [5.41, 5.74) is 8.99. The summed E-state index contributed by atoms with van der Waals surface area (Å²) in [4.78, 5) is 36.8. The van der Waals surface area contributed by atoms with Gasteiger partial charge in [0.2, 0.25) is 0 Å². The molecule has 0 bridgehead atoms. The minimum Gasteiger partial charge on any atom is -0.484 e. The third-order valence-electron chi connectivity index (χ3n) is 5.11. The predicted octanol–water partition coefficient (Wildman–Crippen LogP) is 3.50. The number of hydrazone groups is 1. The first-order valence-corrected chi connectivity index (χ1v) is 12.3. The van der Waals surface area contributed by atoms with Crippen molar-refractivity contribution in [3.63, 3.8) is 0 Å².